The minimum Gasteiger partial charge on any atom is -0.356 e. The van der Waals surface area contributed by atoms with E-state index in [4.69, 9.17) is 0 Å². The van der Waals surface area contributed by atoms with Crippen LogP contribution in [0.3, 0.4) is 0 Å². The number of hydrogen-bond donors (Lipinski definition) is 0. The molecule has 24 heavy (non-hydrogen) atoms. The topological polar surface area (TPSA) is 6.48 Å². The molecular formula is C22H44N2. The van der Waals surface area contributed by atoms with Crippen molar-refractivity contribution in [3.8, 4) is 0 Å². The molecule has 0 aromatic carbocycles. The van der Waals surface area contributed by atoms with E-state index >= 15 is 0 Å². The van der Waals surface area contributed by atoms with E-state index in [2.05, 4.69) is 43.0 Å². The number of nitrogens with zero attached hydrogens (tertiary/aromatic N) is 2. The highest BCUT2D eigenvalue weighted by molar-refractivity contribution is 4.96. The normalized spacial score (nSPS) is 17.2. The van der Waals surface area contributed by atoms with Crippen molar-refractivity contribution in [3.05, 3.63) is 12.4 Å². The molecule has 2 nitrogen and oxygen atoms in total. The Morgan fingerprint density at radius 2 is 0.917 bits per heavy atom. The molecule has 0 aromatic heterocycles. The zero-order valence-electron chi connectivity index (χ0n) is 16.9. The molecule has 0 radical (unpaired) electrons. The van der Waals surface area contributed by atoms with E-state index in [0.717, 1.165) is 0 Å². The van der Waals surface area contributed by atoms with Gasteiger partial charge in [-0.05, 0) is 19.3 Å². The Balaban J connectivity index is 2.05. The average molecular weight is 337 g/mol. The summed E-state index contributed by atoms with van der Waals surface area (Å²) in [6, 6.07) is 0. The van der Waals surface area contributed by atoms with Gasteiger partial charge in [0.25, 0.3) is 0 Å². The number of hydrogen-bond acceptors (Lipinski definition) is 2. The van der Waals surface area contributed by atoms with Crippen molar-refractivity contribution >= 4 is 0 Å². The van der Waals surface area contributed by atoms with Crippen LogP contribution in [0.2, 0.25) is 0 Å². The molecule has 0 spiro atoms. The fraction of sp³-hybridized carbons (Fsp3) is 0.909. The zero-order chi connectivity index (χ0) is 17.5. The minimum atomic E-state index is 0.626. The third-order valence-electron chi connectivity index (χ3n) is 5.37. The third kappa shape index (κ3) is 8.99. The summed E-state index contributed by atoms with van der Waals surface area (Å²) in [4.78, 5) is 5.16. The number of unbranched alkanes of at least 4 members (excludes halogenated alkanes) is 11. The zero-order valence-corrected chi connectivity index (χ0v) is 16.9. The lowest BCUT2D eigenvalue weighted by Gasteiger charge is -2.32. The van der Waals surface area contributed by atoms with Crippen LogP contribution in [-0.2, 0) is 0 Å². The second-order valence-corrected chi connectivity index (χ2v) is 7.55. The fourth-order valence-electron chi connectivity index (χ4n) is 3.80. The quantitative estimate of drug-likeness (QED) is 0.282. The van der Waals surface area contributed by atoms with Gasteiger partial charge in [-0.25, -0.2) is 0 Å². The van der Waals surface area contributed by atoms with Crippen LogP contribution >= 0.6 is 0 Å². The van der Waals surface area contributed by atoms with Crippen LogP contribution in [0.5, 0.6) is 0 Å². The summed E-state index contributed by atoms with van der Waals surface area (Å²) in [6.45, 7) is 9.40. The first kappa shape index (κ1) is 21.4. The first-order valence-electron chi connectivity index (χ1n) is 11.0. The molecule has 0 aromatic rings. The van der Waals surface area contributed by atoms with Crippen molar-refractivity contribution in [2.24, 2.45) is 0 Å². The lowest BCUT2D eigenvalue weighted by molar-refractivity contribution is 0.144. The summed E-state index contributed by atoms with van der Waals surface area (Å²) in [5, 5.41) is 0. The summed E-state index contributed by atoms with van der Waals surface area (Å²) in [5.74, 6) is 0. The Hall–Kier alpha value is -0.660. The molecule has 1 heterocycles. The number of rotatable bonds is 16. The molecule has 1 aliphatic heterocycles. The molecule has 0 aliphatic carbocycles. The van der Waals surface area contributed by atoms with Gasteiger partial charge in [0.1, 0.15) is 6.17 Å². The van der Waals surface area contributed by atoms with Gasteiger partial charge in [0, 0.05) is 25.5 Å². The molecule has 0 saturated heterocycles. The Morgan fingerprint density at radius 3 is 1.33 bits per heavy atom. The molecule has 1 rings (SSSR count). The molecule has 1 aliphatic rings. The predicted octanol–water partition coefficient (Wildman–Crippen LogP) is 6.92. The van der Waals surface area contributed by atoms with Crippen LogP contribution in [0, 0.1) is 0 Å². The third-order valence-corrected chi connectivity index (χ3v) is 5.37. The molecule has 2 heteroatoms. The lowest BCUT2D eigenvalue weighted by Crippen LogP contribution is -2.38. The predicted molar refractivity (Wildman–Crippen MR) is 108 cm³/mol. The molecule has 1 atom stereocenters. The van der Waals surface area contributed by atoms with Gasteiger partial charge >= 0.3 is 0 Å². The van der Waals surface area contributed by atoms with Crippen LogP contribution < -0.4 is 0 Å². The van der Waals surface area contributed by atoms with Crippen molar-refractivity contribution in [2.45, 2.75) is 117 Å². The van der Waals surface area contributed by atoms with Crippen molar-refractivity contribution < 1.29 is 0 Å². The molecule has 0 fully saturated rings. The largest absolute Gasteiger partial charge is 0.356 e. The Kier molecular flexibility index (Phi) is 13.1. The molecule has 0 saturated carbocycles. The first-order valence-corrected chi connectivity index (χ1v) is 11.0. The van der Waals surface area contributed by atoms with Crippen LogP contribution in [0.15, 0.2) is 12.4 Å². The van der Waals surface area contributed by atoms with E-state index in [-0.39, 0.29) is 0 Å². The summed E-state index contributed by atoms with van der Waals surface area (Å²) in [5.41, 5.74) is 0. The van der Waals surface area contributed by atoms with Crippen LogP contribution in [-0.4, -0.2) is 29.1 Å². The Bertz CT molecular complexity index is 300. The van der Waals surface area contributed by atoms with Gasteiger partial charge in [-0.15, -0.1) is 0 Å². The van der Waals surface area contributed by atoms with E-state index < -0.39 is 0 Å². The van der Waals surface area contributed by atoms with Gasteiger partial charge < -0.3 is 9.80 Å². The summed E-state index contributed by atoms with van der Waals surface area (Å²) >= 11 is 0. The van der Waals surface area contributed by atoms with E-state index in [9.17, 15) is 0 Å². The Morgan fingerprint density at radius 1 is 0.542 bits per heavy atom. The van der Waals surface area contributed by atoms with Gasteiger partial charge in [-0.1, -0.05) is 91.4 Å². The van der Waals surface area contributed by atoms with Gasteiger partial charge in [-0.2, -0.15) is 0 Å². The van der Waals surface area contributed by atoms with E-state index in [1.165, 1.54) is 103 Å². The lowest BCUT2D eigenvalue weighted by atomic mass is 10.1. The maximum Gasteiger partial charge on any atom is 0.100 e. The minimum absolute atomic E-state index is 0.626. The molecule has 142 valence electrons. The van der Waals surface area contributed by atoms with Crippen molar-refractivity contribution in [2.75, 3.05) is 13.1 Å². The second kappa shape index (κ2) is 14.7. The van der Waals surface area contributed by atoms with E-state index in [0.29, 0.717) is 6.17 Å². The van der Waals surface area contributed by atoms with Crippen molar-refractivity contribution in [1.29, 1.82) is 0 Å². The van der Waals surface area contributed by atoms with Gasteiger partial charge in [-0.3, -0.25) is 0 Å². The van der Waals surface area contributed by atoms with Gasteiger partial charge in [0.05, 0.1) is 0 Å². The van der Waals surface area contributed by atoms with E-state index in [1.54, 1.807) is 0 Å². The summed E-state index contributed by atoms with van der Waals surface area (Å²) < 4.78 is 0. The Labute approximate surface area is 152 Å². The highest BCUT2D eigenvalue weighted by Gasteiger charge is 2.23. The standard InChI is InChI=1S/C22H44N2/c1-4-7-9-11-12-13-14-15-17-19-24-21-20-23(22(24)6-3)18-16-10-8-5-2/h20-22H,4-19H2,1-3H3. The maximum atomic E-state index is 2.58. The molecule has 0 amide bonds. The second-order valence-electron chi connectivity index (χ2n) is 7.55. The first-order chi connectivity index (χ1) is 11.8. The van der Waals surface area contributed by atoms with Crippen LogP contribution in [0.25, 0.3) is 0 Å². The molecule has 0 bridgehead atoms. The van der Waals surface area contributed by atoms with Gasteiger partial charge in [0.2, 0.25) is 0 Å². The SMILES string of the molecule is CCCCCCCCCCCN1C=CN(CCCCCC)C1CC. The highest BCUT2D eigenvalue weighted by Crippen LogP contribution is 2.21. The summed E-state index contributed by atoms with van der Waals surface area (Å²) in [6.07, 6.45) is 24.8. The van der Waals surface area contributed by atoms with Crippen LogP contribution in [0.4, 0.5) is 0 Å². The highest BCUT2D eigenvalue weighted by atomic mass is 15.4. The smallest absolute Gasteiger partial charge is 0.100 e. The van der Waals surface area contributed by atoms with E-state index in [1.807, 2.05) is 0 Å². The van der Waals surface area contributed by atoms with Crippen LogP contribution in [0.1, 0.15) is 111 Å². The van der Waals surface area contributed by atoms with Crippen molar-refractivity contribution in [1.82, 2.24) is 9.80 Å². The average Bonchev–Trinajstić information content (AvgIpc) is 2.99. The summed E-state index contributed by atoms with van der Waals surface area (Å²) in [7, 11) is 0. The molecular weight excluding hydrogens is 292 g/mol. The molecule has 1 unspecified atom stereocenters. The monoisotopic (exact) mass is 336 g/mol. The van der Waals surface area contributed by atoms with Crippen molar-refractivity contribution in [3.63, 3.8) is 0 Å². The molecule has 0 N–H and O–H groups in total. The maximum absolute atomic E-state index is 2.58. The van der Waals surface area contributed by atoms with Gasteiger partial charge in [0.15, 0.2) is 0 Å². The fourth-order valence-corrected chi connectivity index (χ4v) is 3.80.